The summed E-state index contributed by atoms with van der Waals surface area (Å²) in [5.74, 6) is 0.677. The minimum Gasteiger partial charge on any atom is -0.451 e. The summed E-state index contributed by atoms with van der Waals surface area (Å²) >= 11 is 0. The highest BCUT2D eigenvalue weighted by molar-refractivity contribution is 7.89. The van der Waals surface area contributed by atoms with E-state index in [1.165, 1.54) is 12.3 Å². The molecule has 1 aliphatic rings. The second kappa shape index (κ2) is 5.85. The maximum absolute atomic E-state index is 12.8. The van der Waals surface area contributed by atoms with E-state index in [0.29, 0.717) is 18.0 Å². The van der Waals surface area contributed by atoms with Crippen molar-refractivity contribution in [2.24, 2.45) is 0 Å². The van der Waals surface area contributed by atoms with Gasteiger partial charge in [0.25, 0.3) is 15.9 Å². The van der Waals surface area contributed by atoms with Gasteiger partial charge in [0.05, 0.1) is 5.56 Å². The van der Waals surface area contributed by atoms with Crippen molar-refractivity contribution in [2.75, 3.05) is 6.54 Å². The van der Waals surface area contributed by atoms with Gasteiger partial charge in [0.1, 0.15) is 6.26 Å². The van der Waals surface area contributed by atoms with Crippen LogP contribution in [-0.2, 0) is 10.0 Å². The van der Waals surface area contributed by atoms with E-state index in [9.17, 15) is 8.42 Å². The van der Waals surface area contributed by atoms with Crippen LogP contribution in [-0.4, -0.2) is 35.5 Å². The molecule has 1 fully saturated rings. The Labute approximate surface area is 129 Å². The Hall–Kier alpha value is -1.67. The van der Waals surface area contributed by atoms with Crippen LogP contribution in [0.5, 0.6) is 0 Å². The lowest BCUT2D eigenvalue weighted by Gasteiger charge is -2.33. The number of aromatic nitrogens is 2. The van der Waals surface area contributed by atoms with Crippen molar-refractivity contribution in [3.8, 4) is 11.5 Å². The summed E-state index contributed by atoms with van der Waals surface area (Å²) in [7, 11) is -3.63. The molecule has 0 saturated carbocycles. The van der Waals surface area contributed by atoms with Crippen LogP contribution < -0.4 is 0 Å². The van der Waals surface area contributed by atoms with Crippen LogP contribution in [0.1, 0.15) is 38.5 Å². The van der Waals surface area contributed by atoms with Crippen LogP contribution in [0.25, 0.3) is 11.5 Å². The van der Waals surface area contributed by atoms with Crippen LogP contribution in [0, 0.1) is 6.92 Å². The lowest BCUT2D eigenvalue weighted by Crippen LogP contribution is -2.43. The maximum atomic E-state index is 12.8. The molecule has 1 saturated heterocycles. The molecule has 0 spiro atoms. The topological polar surface area (TPSA) is 89.4 Å². The molecule has 1 aliphatic heterocycles. The molecule has 22 heavy (non-hydrogen) atoms. The number of hydrogen-bond donors (Lipinski definition) is 0. The van der Waals surface area contributed by atoms with Gasteiger partial charge < -0.3 is 8.83 Å². The van der Waals surface area contributed by atoms with Crippen molar-refractivity contribution in [1.29, 1.82) is 0 Å². The van der Waals surface area contributed by atoms with Crippen molar-refractivity contribution >= 4 is 10.0 Å². The molecule has 7 nitrogen and oxygen atoms in total. The monoisotopic (exact) mass is 325 g/mol. The van der Waals surface area contributed by atoms with Crippen molar-refractivity contribution < 1.29 is 17.3 Å². The summed E-state index contributed by atoms with van der Waals surface area (Å²) in [5, 5.41) is 7.53. The zero-order valence-corrected chi connectivity index (χ0v) is 13.5. The molecule has 3 heterocycles. The van der Waals surface area contributed by atoms with Crippen molar-refractivity contribution in [3.63, 3.8) is 0 Å². The van der Waals surface area contributed by atoms with E-state index < -0.39 is 10.0 Å². The zero-order chi connectivity index (χ0) is 15.7. The van der Waals surface area contributed by atoms with Crippen molar-refractivity contribution in [1.82, 2.24) is 14.5 Å². The van der Waals surface area contributed by atoms with Gasteiger partial charge in [-0.05, 0) is 19.3 Å². The first-order chi connectivity index (χ1) is 10.5. The molecule has 2 aromatic rings. The van der Waals surface area contributed by atoms with Crippen LogP contribution in [0.3, 0.4) is 0 Å². The molecule has 1 unspecified atom stereocenters. The normalized spacial score (nSPS) is 20.4. The van der Waals surface area contributed by atoms with Gasteiger partial charge >= 0.3 is 0 Å². The van der Waals surface area contributed by atoms with Gasteiger partial charge in [0, 0.05) is 25.6 Å². The predicted octanol–water partition coefficient (Wildman–Crippen LogP) is 2.59. The Balaban J connectivity index is 1.91. The van der Waals surface area contributed by atoms with Gasteiger partial charge in [0.15, 0.2) is 0 Å². The second-order valence-electron chi connectivity index (χ2n) is 5.45. The number of hydrogen-bond acceptors (Lipinski definition) is 6. The summed E-state index contributed by atoms with van der Waals surface area (Å²) in [5.41, 5.74) is 0.476. The van der Waals surface area contributed by atoms with Gasteiger partial charge in [-0.2, -0.15) is 4.31 Å². The lowest BCUT2D eigenvalue weighted by molar-refractivity contribution is 0.241. The third-order valence-electron chi connectivity index (χ3n) is 3.96. The first kappa shape index (κ1) is 15.2. The third-order valence-corrected chi connectivity index (χ3v) is 5.78. The quantitative estimate of drug-likeness (QED) is 0.858. The SMILES string of the molecule is CCC1CCCCN1S(=O)(=O)c1cc(-c2nnc(C)o2)co1. The molecule has 0 radical (unpaired) electrons. The second-order valence-corrected chi connectivity index (χ2v) is 7.28. The first-order valence-corrected chi connectivity index (χ1v) is 8.87. The van der Waals surface area contributed by atoms with E-state index in [1.54, 1.807) is 11.2 Å². The van der Waals surface area contributed by atoms with E-state index in [4.69, 9.17) is 8.83 Å². The lowest BCUT2D eigenvalue weighted by atomic mass is 10.0. The highest BCUT2D eigenvalue weighted by Gasteiger charge is 2.34. The zero-order valence-electron chi connectivity index (χ0n) is 12.7. The standard InChI is InChI=1S/C14H19N3O4S/c1-3-12-6-4-5-7-17(12)22(18,19)13-8-11(9-20-13)14-16-15-10(2)21-14/h8-9,12H,3-7H2,1-2H3. The van der Waals surface area contributed by atoms with E-state index >= 15 is 0 Å². The summed E-state index contributed by atoms with van der Waals surface area (Å²) in [6.07, 6.45) is 4.98. The largest absolute Gasteiger partial charge is 0.451 e. The predicted molar refractivity (Wildman–Crippen MR) is 78.6 cm³/mol. The fraction of sp³-hybridized carbons (Fsp3) is 0.571. The van der Waals surface area contributed by atoms with Gasteiger partial charge in [-0.3, -0.25) is 0 Å². The molecule has 2 aromatic heterocycles. The summed E-state index contributed by atoms with van der Waals surface area (Å²) in [6, 6.07) is 1.49. The number of aryl methyl sites for hydroxylation is 1. The number of nitrogens with zero attached hydrogens (tertiary/aromatic N) is 3. The highest BCUT2D eigenvalue weighted by Crippen LogP contribution is 2.30. The van der Waals surface area contributed by atoms with Crippen LogP contribution in [0.15, 0.2) is 26.3 Å². The van der Waals surface area contributed by atoms with E-state index in [0.717, 1.165) is 25.7 Å². The Morgan fingerprint density at radius 2 is 2.18 bits per heavy atom. The summed E-state index contributed by atoms with van der Waals surface area (Å²) in [4.78, 5) is 0. The number of piperidine rings is 1. The summed E-state index contributed by atoms with van der Waals surface area (Å²) < 4.78 is 37.7. The van der Waals surface area contributed by atoms with Gasteiger partial charge in [-0.1, -0.05) is 13.3 Å². The molecule has 0 amide bonds. The minimum absolute atomic E-state index is 0.0398. The minimum atomic E-state index is -3.63. The van der Waals surface area contributed by atoms with Crippen molar-refractivity contribution in [2.45, 2.75) is 50.7 Å². The fourth-order valence-electron chi connectivity index (χ4n) is 2.79. The molecular weight excluding hydrogens is 306 g/mol. The van der Waals surface area contributed by atoms with Gasteiger partial charge in [0.2, 0.25) is 11.0 Å². The van der Waals surface area contributed by atoms with Crippen LogP contribution >= 0.6 is 0 Å². The molecule has 120 valence electrons. The van der Waals surface area contributed by atoms with Crippen LogP contribution in [0.4, 0.5) is 0 Å². The molecule has 8 heteroatoms. The Kier molecular flexibility index (Phi) is 4.05. The molecular formula is C14H19N3O4S. The number of furan rings is 1. The smallest absolute Gasteiger partial charge is 0.276 e. The third kappa shape index (κ3) is 2.68. The maximum Gasteiger partial charge on any atom is 0.276 e. The van der Waals surface area contributed by atoms with Gasteiger partial charge in [-0.15, -0.1) is 10.2 Å². The molecule has 0 aliphatic carbocycles. The van der Waals surface area contributed by atoms with E-state index in [-0.39, 0.29) is 17.0 Å². The van der Waals surface area contributed by atoms with E-state index in [1.807, 2.05) is 6.92 Å². The Morgan fingerprint density at radius 3 is 2.86 bits per heavy atom. The average Bonchev–Trinajstić information content (AvgIpc) is 3.16. The molecule has 3 rings (SSSR count). The Bertz CT molecular complexity index is 750. The summed E-state index contributed by atoms with van der Waals surface area (Å²) in [6.45, 7) is 4.22. The van der Waals surface area contributed by atoms with Crippen molar-refractivity contribution in [3.05, 3.63) is 18.2 Å². The van der Waals surface area contributed by atoms with Crippen LogP contribution in [0.2, 0.25) is 0 Å². The first-order valence-electron chi connectivity index (χ1n) is 7.43. The Morgan fingerprint density at radius 1 is 1.36 bits per heavy atom. The number of rotatable bonds is 4. The number of sulfonamides is 1. The molecule has 0 bridgehead atoms. The molecule has 1 atom stereocenters. The van der Waals surface area contributed by atoms with E-state index in [2.05, 4.69) is 10.2 Å². The molecule has 0 aromatic carbocycles. The highest BCUT2D eigenvalue weighted by atomic mass is 32.2. The van der Waals surface area contributed by atoms with Gasteiger partial charge in [-0.25, -0.2) is 8.42 Å². The average molecular weight is 325 g/mol. The fourth-order valence-corrected chi connectivity index (χ4v) is 4.48. The molecule has 0 N–H and O–H groups in total.